The van der Waals surface area contributed by atoms with Crippen molar-refractivity contribution in [3.8, 4) is 0 Å². The van der Waals surface area contributed by atoms with Gasteiger partial charge in [-0.05, 0) is 46.1 Å². The Hall–Kier alpha value is -0.340. The Kier molecular flexibility index (Phi) is 5.20. The van der Waals surface area contributed by atoms with Gasteiger partial charge in [-0.2, -0.15) is 0 Å². The van der Waals surface area contributed by atoms with E-state index in [2.05, 4.69) is 18.8 Å². The predicted octanol–water partition coefficient (Wildman–Crippen LogP) is 2.50. The van der Waals surface area contributed by atoms with E-state index in [1.165, 1.54) is 25.7 Å². The molecule has 1 aliphatic rings. The summed E-state index contributed by atoms with van der Waals surface area (Å²) < 4.78 is 5.86. The first-order valence-electron chi connectivity index (χ1n) is 5.71. The Morgan fingerprint density at radius 2 is 2.36 bits per heavy atom. The molecule has 0 amide bonds. The number of rotatable bonds is 6. The normalized spacial score (nSPS) is 29.0. The zero-order chi connectivity index (χ0) is 10.4. The molecule has 0 aromatic carbocycles. The number of unbranched alkanes of at least 4 members (excludes halogenated alkanes) is 1. The first-order chi connectivity index (χ1) is 6.77. The van der Waals surface area contributed by atoms with E-state index in [0.29, 0.717) is 18.2 Å². The Bertz CT molecular complexity index is 170. The van der Waals surface area contributed by atoms with Gasteiger partial charge in [0, 0.05) is 6.04 Å². The molecule has 0 radical (unpaired) electrons. The molecule has 1 fully saturated rings. The highest BCUT2D eigenvalue weighted by Gasteiger charge is 2.27. The van der Waals surface area contributed by atoms with Crippen LogP contribution in [0.4, 0.5) is 0 Å². The van der Waals surface area contributed by atoms with E-state index >= 15 is 0 Å². The largest absolute Gasteiger partial charge is 0.374 e. The van der Waals surface area contributed by atoms with Gasteiger partial charge in [0.15, 0.2) is 0 Å². The molecule has 0 aromatic heterocycles. The van der Waals surface area contributed by atoms with Crippen molar-refractivity contribution < 1.29 is 4.74 Å². The SMILES string of the molecule is C=CCCCC(NC)C1CCC(C)O1. The second-order valence-corrected chi connectivity index (χ2v) is 4.18. The Morgan fingerprint density at radius 1 is 1.57 bits per heavy atom. The van der Waals surface area contributed by atoms with Crippen LogP contribution < -0.4 is 5.32 Å². The summed E-state index contributed by atoms with van der Waals surface area (Å²) in [5.41, 5.74) is 0. The number of hydrogen-bond acceptors (Lipinski definition) is 2. The summed E-state index contributed by atoms with van der Waals surface area (Å²) in [5.74, 6) is 0. The first kappa shape index (κ1) is 11.7. The summed E-state index contributed by atoms with van der Waals surface area (Å²) in [5, 5.41) is 3.36. The quantitative estimate of drug-likeness (QED) is 0.522. The lowest BCUT2D eigenvalue weighted by atomic mass is 10.0. The van der Waals surface area contributed by atoms with Crippen LogP contribution in [0.1, 0.15) is 39.0 Å². The maximum atomic E-state index is 5.86. The number of allylic oxidation sites excluding steroid dienone is 1. The fourth-order valence-electron chi connectivity index (χ4n) is 2.13. The van der Waals surface area contributed by atoms with Gasteiger partial charge in [-0.3, -0.25) is 0 Å². The standard InChI is InChI=1S/C12H23NO/c1-4-5-6-7-11(13-3)12-9-8-10(2)14-12/h4,10-13H,1,5-9H2,2-3H3. The Labute approximate surface area is 87.7 Å². The maximum Gasteiger partial charge on any atom is 0.0732 e. The van der Waals surface area contributed by atoms with E-state index in [-0.39, 0.29) is 0 Å². The summed E-state index contributed by atoms with van der Waals surface area (Å²) in [4.78, 5) is 0. The molecule has 1 heterocycles. The zero-order valence-electron chi connectivity index (χ0n) is 9.46. The van der Waals surface area contributed by atoms with Crippen molar-refractivity contribution in [2.75, 3.05) is 7.05 Å². The van der Waals surface area contributed by atoms with Crippen LogP contribution >= 0.6 is 0 Å². The van der Waals surface area contributed by atoms with Gasteiger partial charge in [0.05, 0.1) is 12.2 Å². The molecule has 14 heavy (non-hydrogen) atoms. The van der Waals surface area contributed by atoms with Crippen molar-refractivity contribution in [2.24, 2.45) is 0 Å². The monoisotopic (exact) mass is 197 g/mol. The van der Waals surface area contributed by atoms with E-state index < -0.39 is 0 Å². The van der Waals surface area contributed by atoms with Gasteiger partial charge < -0.3 is 10.1 Å². The van der Waals surface area contributed by atoms with Crippen LogP contribution in [0, 0.1) is 0 Å². The van der Waals surface area contributed by atoms with Gasteiger partial charge in [-0.15, -0.1) is 6.58 Å². The van der Waals surface area contributed by atoms with E-state index in [1.54, 1.807) is 0 Å². The molecule has 1 aliphatic heterocycles. The molecule has 0 aliphatic carbocycles. The Morgan fingerprint density at radius 3 is 2.86 bits per heavy atom. The van der Waals surface area contributed by atoms with Gasteiger partial charge in [-0.25, -0.2) is 0 Å². The molecule has 1 saturated heterocycles. The second kappa shape index (κ2) is 6.20. The molecule has 1 rings (SSSR count). The summed E-state index contributed by atoms with van der Waals surface area (Å²) in [7, 11) is 2.03. The molecule has 0 bridgehead atoms. The number of ether oxygens (including phenoxy) is 1. The van der Waals surface area contributed by atoms with Gasteiger partial charge in [0.2, 0.25) is 0 Å². The highest BCUT2D eigenvalue weighted by molar-refractivity contribution is 4.82. The fraction of sp³-hybridized carbons (Fsp3) is 0.833. The van der Waals surface area contributed by atoms with Crippen molar-refractivity contribution in [1.29, 1.82) is 0 Å². The van der Waals surface area contributed by atoms with E-state index in [1.807, 2.05) is 13.1 Å². The lowest BCUT2D eigenvalue weighted by Crippen LogP contribution is -2.37. The predicted molar refractivity (Wildman–Crippen MR) is 60.5 cm³/mol. The van der Waals surface area contributed by atoms with Gasteiger partial charge in [0.1, 0.15) is 0 Å². The molecule has 3 unspecified atom stereocenters. The summed E-state index contributed by atoms with van der Waals surface area (Å²) in [6.45, 7) is 5.90. The topological polar surface area (TPSA) is 21.3 Å². The number of likely N-dealkylation sites (N-methyl/N-ethyl adjacent to an activating group) is 1. The fourth-order valence-corrected chi connectivity index (χ4v) is 2.13. The lowest BCUT2D eigenvalue weighted by Gasteiger charge is -2.22. The van der Waals surface area contributed by atoms with Gasteiger partial charge in [0.25, 0.3) is 0 Å². The summed E-state index contributed by atoms with van der Waals surface area (Å²) in [6.07, 6.45) is 8.81. The highest BCUT2D eigenvalue weighted by Crippen LogP contribution is 2.23. The molecular weight excluding hydrogens is 174 g/mol. The molecule has 0 saturated carbocycles. The molecular formula is C12H23NO. The molecule has 1 N–H and O–H groups in total. The first-order valence-corrected chi connectivity index (χ1v) is 5.71. The minimum absolute atomic E-state index is 0.430. The van der Waals surface area contributed by atoms with Crippen molar-refractivity contribution in [3.05, 3.63) is 12.7 Å². The molecule has 3 atom stereocenters. The molecule has 0 spiro atoms. The molecule has 82 valence electrons. The number of nitrogens with one attached hydrogen (secondary N) is 1. The van der Waals surface area contributed by atoms with Gasteiger partial charge >= 0.3 is 0 Å². The summed E-state index contributed by atoms with van der Waals surface area (Å²) >= 11 is 0. The molecule has 2 nitrogen and oxygen atoms in total. The molecule has 2 heteroatoms. The number of hydrogen-bond donors (Lipinski definition) is 1. The average molecular weight is 197 g/mol. The highest BCUT2D eigenvalue weighted by atomic mass is 16.5. The van der Waals surface area contributed by atoms with Crippen LogP contribution in [-0.2, 0) is 4.74 Å². The van der Waals surface area contributed by atoms with E-state index in [0.717, 1.165) is 6.42 Å². The van der Waals surface area contributed by atoms with Crippen molar-refractivity contribution in [1.82, 2.24) is 5.32 Å². The maximum absolute atomic E-state index is 5.86. The van der Waals surface area contributed by atoms with Crippen LogP contribution in [0.3, 0.4) is 0 Å². The third-order valence-electron chi connectivity index (χ3n) is 3.01. The van der Waals surface area contributed by atoms with Crippen molar-refractivity contribution >= 4 is 0 Å². The van der Waals surface area contributed by atoms with Crippen LogP contribution in [0.25, 0.3) is 0 Å². The lowest BCUT2D eigenvalue weighted by molar-refractivity contribution is 0.0314. The summed E-state index contributed by atoms with van der Waals surface area (Å²) in [6, 6.07) is 0.528. The smallest absolute Gasteiger partial charge is 0.0732 e. The van der Waals surface area contributed by atoms with Crippen LogP contribution in [0.15, 0.2) is 12.7 Å². The van der Waals surface area contributed by atoms with Crippen molar-refractivity contribution in [3.63, 3.8) is 0 Å². The minimum atomic E-state index is 0.430. The van der Waals surface area contributed by atoms with E-state index in [4.69, 9.17) is 4.74 Å². The molecule has 0 aromatic rings. The third kappa shape index (κ3) is 3.43. The minimum Gasteiger partial charge on any atom is -0.374 e. The van der Waals surface area contributed by atoms with Crippen LogP contribution in [0.2, 0.25) is 0 Å². The second-order valence-electron chi connectivity index (χ2n) is 4.18. The van der Waals surface area contributed by atoms with Gasteiger partial charge in [-0.1, -0.05) is 6.08 Å². The Balaban J connectivity index is 2.26. The van der Waals surface area contributed by atoms with Crippen LogP contribution in [0.5, 0.6) is 0 Å². The zero-order valence-corrected chi connectivity index (χ0v) is 9.46. The van der Waals surface area contributed by atoms with Crippen LogP contribution in [-0.4, -0.2) is 25.3 Å². The average Bonchev–Trinajstić information content (AvgIpc) is 2.60. The third-order valence-corrected chi connectivity index (χ3v) is 3.01. The van der Waals surface area contributed by atoms with E-state index in [9.17, 15) is 0 Å². The van der Waals surface area contributed by atoms with Crippen molar-refractivity contribution in [2.45, 2.75) is 57.3 Å².